The predicted molar refractivity (Wildman–Crippen MR) is 97.4 cm³/mol. The summed E-state index contributed by atoms with van der Waals surface area (Å²) in [6, 6.07) is 10.5. The summed E-state index contributed by atoms with van der Waals surface area (Å²) in [5, 5.41) is 0. The molecule has 2 rings (SSSR count). The number of rotatable bonds is 10. The maximum absolute atomic E-state index is 5.87. The number of ether oxygens (including phenoxy) is 2. The zero-order chi connectivity index (χ0) is 17.2. The van der Waals surface area contributed by atoms with Gasteiger partial charge in [0.15, 0.2) is 5.75 Å². The Morgan fingerprint density at radius 1 is 1.04 bits per heavy atom. The molecule has 0 aliphatic carbocycles. The van der Waals surface area contributed by atoms with E-state index in [4.69, 9.17) is 9.47 Å². The second kappa shape index (κ2) is 9.91. The molecule has 130 valence electrons. The van der Waals surface area contributed by atoms with E-state index in [1.807, 2.05) is 30.3 Å². The molecule has 0 N–H and O–H groups in total. The van der Waals surface area contributed by atoms with Crippen LogP contribution < -0.4 is 9.47 Å². The van der Waals surface area contributed by atoms with Gasteiger partial charge in [0, 0.05) is 5.56 Å². The van der Waals surface area contributed by atoms with E-state index in [1.165, 1.54) is 0 Å². The van der Waals surface area contributed by atoms with Crippen LogP contribution in [0.4, 0.5) is 0 Å². The van der Waals surface area contributed by atoms with Crippen molar-refractivity contribution in [2.45, 2.75) is 46.5 Å². The molecule has 0 aliphatic rings. The first-order valence-corrected chi connectivity index (χ1v) is 8.92. The van der Waals surface area contributed by atoms with Gasteiger partial charge in [0.05, 0.1) is 19.4 Å². The number of nitrogens with zero attached hydrogens (tertiary/aromatic N) is 2. The average molecular weight is 328 g/mol. The fourth-order valence-corrected chi connectivity index (χ4v) is 2.21. The van der Waals surface area contributed by atoms with Crippen molar-refractivity contribution in [1.29, 1.82) is 0 Å². The number of hydrogen-bond donors (Lipinski definition) is 0. The lowest BCUT2D eigenvalue weighted by Crippen LogP contribution is -2.07. The second-order valence-corrected chi connectivity index (χ2v) is 6.08. The van der Waals surface area contributed by atoms with Crippen LogP contribution in [0.15, 0.2) is 36.5 Å². The van der Waals surface area contributed by atoms with Crippen molar-refractivity contribution in [1.82, 2.24) is 9.97 Å². The molecule has 0 fully saturated rings. The van der Waals surface area contributed by atoms with Gasteiger partial charge in [0.25, 0.3) is 0 Å². The highest BCUT2D eigenvalue weighted by Gasteiger charge is 2.12. The zero-order valence-corrected chi connectivity index (χ0v) is 15.0. The number of benzene rings is 1. The summed E-state index contributed by atoms with van der Waals surface area (Å²) < 4.78 is 11.6. The van der Waals surface area contributed by atoms with Gasteiger partial charge >= 0.3 is 6.01 Å². The first-order valence-electron chi connectivity index (χ1n) is 8.92. The van der Waals surface area contributed by atoms with E-state index in [2.05, 4.69) is 30.7 Å². The van der Waals surface area contributed by atoms with E-state index in [-0.39, 0.29) is 0 Å². The highest BCUT2D eigenvalue weighted by molar-refractivity contribution is 5.65. The van der Waals surface area contributed by atoms with Crippen molar-refractivity contribution in [3.63, 3.8) is 0 Å². The molecule has 0 amide bonds. The number of unbranched alkanes of at least 4 members (excludes halogenated alkanes) is 1. The van der Waals surface area contributed by atoms with Crippen molar-refractivity contribution >= 4 is 0 Å². The van der Waals surface area contributed by atoms with Crippen LogP contribution in [-0.2, 0) is 0 Å². The molecule has 2 aromatic rings. The molecule has 0 saturated heterocycles. The van der Waals surface area contributed by atoms with Gasteiger partial charge in [0.1, 0.15) is 5.69 Å². The molecule has 1 heterocycles. The van der Waals surface area contributed by atoms with Crippen molar-refractivity contribution in [3.05, 3.63) is 36.5 Å². The van der Waals surface area contributed by atoms with Crippen LogP contribution in [-0.4, -0.2) is 23.2 Å². The lowest BCUT2D eigenvalue weighted by Gasteiger charge is -2.13. The Kier molecular flexibility index (Phi) is 7.53. The van der Waals surface area contributed by atoms with Crippen LogP contribution in [0.25, 0.3) is 11.3 Å². The Bertz CT molecular complexity index is 602. The maximum atomic E-state index is 5.87. The SMILES string of the molecule is CCCCOc1cnc(OCCC(C)CC)nc1-c1ccccc1. The normalized spacial score (nSPS) is 12.0. The highest BCUT2D eigenvalue weighted by Crippen LogP contribution is 2.29. The van der Waals surface area contributed by atoms with Crippen LogP contribution in [0.2, 0.25) is 0 Å². The molecular formula is C20H28N2O2. The Hall–Kier alpha value is -2.10. The molecule has 0 radical (unpaired) electrons. The standard InChI is InChI=1S/C20H28N2O2/c1-4-6-13-23-18-15-21-20(24-14-12-16(3)5-2)22-19(18)17-10-8-7-9-11-17/h7-11,15-16H,4-6,12-14H2,1-3H3. The van der Waals surface area contributed by atoms with Gasteiger partial charge in [-0.1, -0.05) is 63.9 Å². The zero-order valence-electron chi connectivity index (χ0n) is 15.0. The molecule has 4 nitrogen and oxygen atoms in total. The molecule has 0 saturated carbocycles. The quantitative estimate of drug-likeness (QED) is 0.567. The molecular weight excluding hydrogens is 300 g/mol. The van der Waals surface area contributed by atoms with E-state index in [1.54, 1.807) is 6.20 Å². The van der Waals surface area contributed by atoms with Crippen molar-refractivity contribution < 1.29 is 9.47 Å². The van der Waals surface area contributed by atoms with Gasteiger partial charge in [-0.3, -0.25) is 0 Å². The first kappa shape index (κ1) is 18.2. The van der Waals surface area contributed by atoms with Crippen LogP contribution >= 0.6 is 0 Å². The maximum Gasteiger partial charge on any atom is 0.317 e. The van der Waals surface area contributed by atoms with E-state index in [9.17, 15) is 0 Å². The fraction of sp³-hybridized carbons (Fsp3) is 0.500. The molecule has 1 unspecified atom stereocenters. The fourth-order valence-electron chi connectivity index (χ4n) is 2.21. The van der Waals surface area contributed by atoms with Crippen LogP contribution in [0.3, 0.4) is 0 Å². The first-order chi connectivity index (χ1) is 11.7. The van der Waals surface area contributed by atoms with Crippen molar-refractivity contribution in [2.75, 3.05) is 13.2 Å². The van der Waals surface area contributed by atoms with Crippen LogP contribution in [0, 0.1) is 5.92 Å². The molecule has 1 aromatic heterocycles. The molecule has 4 heteroatoms. The highest BCUT2D eigenvalue weighted by atomic mass is 16.5. The molecule has 1 atom stereocenters. The third kappa shape index (κ3) is 5.52. The monoisotopic (exact) mass is 328 g/mol. The minimum atomic E-state index is 0.417. The summed E-state index contributed by atoms with van der Waals surface area (Å²) in [5.41, 5.74) is 1.80. The van der Waals surface area contributed by atoms with Crippen LogP contribution in [0.1, 0.15) is 46.5 Å². The van der Waals surface area contributed by atoms with E-state index in [0.717, 1.165) is 36.9 Å². The summed E-state index contributed by atoms with van der Waals surface area (Å²) in [4.78, 5) is 8.89. The molecule has 1 aromatic carbocycles. The van der Waals surface area contributed by atoms with Gasteiger partial charge in [-0.05, 0) is 18.8 Å². The molecule has 0 spiro atoms. The van der Waals surface area contributed by atoms with Gasteiger partial charge in [-0.15, -0.1) is 0 Å². The average Bonchev–Trinajstić information content (AvgIpc) is 2.63. The summed E-state index contributed by atoms with van der Waals surface area (Å²) in [7, 11) is 0. The Morgan fingerprint density at radius 2 is 1.83 bits per heavy atom. The topological polar surface area (TPSA) is 44.2 Å². The molecule has 0 bridgehead atoms. The number of hydrogen-bond acceptors (Lipinski definition) is 4. The van der Waals surface area contributed by atoms with E-state index >= 15 is 0 Å². The molecule has 24 heavy (non-hydrogen) atoms. The summed E-state index contributed by atoms with van der Waals surface area (Å²) in [6.45, 7) is 7.88. The smallest absolute Gasteiger partial charge is 0.317 e. The lowest BCUT2D eigenvalue weighted by molar-refractivity contribution is 0.259. The van der Waals surface area contributed by atoms with E-state index in [0.29, 0.717) is 30.9 Å². The lowest BCUT2D eigenvalue weighted by atomic mass is 10.1. The second-order valence-electron chi connectivity index (χ2n) is 6.08. The Labute approximate surface area is 145 Å². The summed E-state index contributed by atoms with van der Waals surface area (Å²) in [6.07, 6.45) is 6.00. The third-order valence-corrected chi connectivity index (χ3v) is 4.07. The van der Waals surface area contributed by atoms with Gasteiger partial charge in [-0.25, -0.2) is 0 Å². The predicted octanol–water partition coefficient (Wildman–Crippen LogP) is 5.14. The van der Waals surface area contributed by atoms with Gasteiger partial charge in [-0.2, -0.15) is 9.97 Å². The largest absolute Gasteiger partial charge is 0.490 e. The minimum Gasteiger partial charge on any atom is -0.490 e. The summed E-state index contributed by atoms with van der Waals surface area (Å²) >= 11 is 0. The molecule has 0 aliphatic heterocycles. The third-order valence-electron chi connectivity index (χ3n) is 4.07. The van der Waals surface area contributed by atoms with Crippen molar-refractivity contribution in [3.8, 4) is 23.0 Å². The van der Waals surface area contributed by atoms with Crippen LogP contribution in [0.5, 0.6) is 11.8 Å². The van der Waals surface area contributed by atoms with Gasteiger partial charge < -0.3 is 9.47 Å². The Morgan fingerprint density at radius 3 is 2.54 bits per heavy atom. The van der Waals surface area contributed by atoms with Gasteiger partial charge in [0.2, 0.25) is 0 Å². The Balaban J connectivity index is 2.14. The summed E-state index contributed by atoms with van der Waals surface area (Å²) in [5.74, 6) is 1.36. The minimum absolute atomic E-state index is 0.417. The van der Waals surface area contributed by atoms with E-state index < -0.39 is 0 Å². The van der Waals surface area contributed by atoms with Crippen molar-refractivity contribution in [2.24, 2.45) is 5.92 Å². The number of aromatic nitrogens is 2.